The van der Waals surface area contributed by atoms with Crippen LogP contribution in [0.15, 0.2) is 12.1 Å². The Balaban J connectivity index is 2.75. The molecule has 0 saturated heterocycles. The molecular weight excluding hydrogens is 249 g/mol. The molecule has 0 aliphatic heterocycles. The van der Waals surface area contributed by atoms with E-state index in [0.717, 1.165) is 15.2 Å². The first-order chi connectivity index (χ1) is 6.20. The molecule has 68 valence electrons. The molecule has 0 fully saturated rings. The molecule has 0 radical (unpaired) electrons. The van der Waals surface area contributed by atoms with Crippen molar-refractivity contribution in [1.82, 2.24) is 4.98 Å². The number of hydrogen-bond acceptors (Lipinski definition) is 2. The van der Waals surface area contributed by atoms with Gasteiger partial charge in [0.25, 0.3) is 0 Å². The van der Waals surface area contributed by atoms with Crippen LogP contribution in [-0.4, -0.2) is 4.98 Å². The van der Waals surface area contributed by atoms with Crippen LogP contribution in [0.1, 0.15) is 5.01 Å². The maximum Gasteiger partial charge on any atom is 0.109 e. The molecule has 1 aromatic heterocycles. The first kappa shape index (κ1) is 9.53. The van der Waals surface area contributed by atoms with Crippen LogP contribution in [0, 0.1) is 0 Å². The molecule has 0 atom stereocenters. The van der Waals surface area contributed by atoms with Gasteiger partial charge < -0.3 is 0 Å². The Morgan fingerprint density at radius 3 is 2.77 bits per heavy atom. The maximum atomic E-state index is 5.98. The summed E-state index contributed by atoms with van der Waals surface area (Å²) in [6.07, 6.45) is 0. The van der Waals surface area contributed by atoms with Crippen LogP contribution < -0.4 is 0 Å². The summed E-state index contributed by atoms with van der Waals surface area (Å²) in [5.74, 6) is 0.410. The lowest BCUT2D eigenvalue weighted by molar-refractivity contribution is 1.30. The van der Waals surface area contributed by atoms with Crippen LogP contribution in [0.3, 0.4) is 0 Å². The van der Waals surface area contributed by atoms with Gasteiger partial charge in [0.1, 0.15) is 5.01 Å². The Kier molecular flexibility index (Phi) is 2.65. The minimum Gasteiger partial charge on any atom is -0.240 e. The molecule has 1 nitrogen and oxygen atoms in total. The smallest absolute Gasteiger partial charge is 0.109 e. The predicted molar refractivity (Wildman–Crippen MR) is 59.2 cm³/mol. The van der Waals surface area contributed by atoms with Gasteiger partial charge in [0.2, 0.25) is 0 Å². The summed E-state index contributed by atoms with van der Waals surface area (Å²) in [7, 11) is 0. The fraction of sp³-hybridized carbons (Fsp3) is 0.125. The van der Waals surface area contributed by atoms with Gasteiger partial charge in [0.05, 0.1) is 21.1 Å². The van der Waals surface area contributed by atoms with Gasteiger partial charge >= 0.3 is 0 Å². The molecule has 13 heavy (non-hydrogen) atoms. The number of alkyl halides is 1. The average Bonchev–Trinajstić information content (AvgIpc) is 2.47. The Hall–Kier alpha value is -0.0200. The van der Waals surface area contributed by atoms with Crippen LogP contribution in [0.25, 0.3) is 10.2 Å². The summed E-state index contributed by atoms with van der Waals surface area (Å²) in [5.41, 5.74) is 0.818. The zero-order chi connectivity index (χ0) is 9.42. The van der Waals surface area contributed by atoms with E-state index in [1.807, 2.05) is 0 Å². The predicted octanol–water partition coefficient (Wildman–Crippen LogP) is 4.34. The molecule has 0 spiro atoms. The molecule has 1 aromatic carbocycles. The largest absolute Gasteiger partial charge is 0.240 e. The number of hydrogen-bond donors (Lipinski definition) is 0. The van der Waals surface area contributed by atoms with Crippen molar-refractivity contribution in [2.45, 2.75) is 5.88 Å². The van der Waals surface area contributed by atoms with Crippen molar-refractivity contribution in [1.29, 1.82) is 0 Å². The van der Waals surface area contributed by atoms with Gasteiger partial charge in [-0.15, -0.1) is 22.9 Å². The topological polar surface area (TPSA) is 12.9 Å². The van der Waals surface area contributed by atoms with Crippen molar-refractivity contribution in [2.24, 2.45) is 0 Å². The van der Waals surface area contributed by atoms with Crippen molar-refractivity contribution in [3.05, 3.63) is 27.2 Å². The maximum absolute atomic E-state index is 5.98. The number of halogens is 3. The Bertz CT molecular complexity index is 452. The first-order valence-corrected chi connectivity index (χ1v) is 5.62. The molecule has 0 amide bonds. The summed E-state index contributed by atoms with van der Waals surface area (Å²) < 4.78 is 0.946. The number of benzene rings is 1. The number of aromatic nitrogens is 1. The van der Waals surface area contributed by atoms with E-state index in [4.69, 9.17) is 34.8 Å². The highest BCUT2D eigenvalue weighted by molar-refractivity contribution is 7.19. The van der Waals surface area contributed by atoms with Crippen molar-refractivity contribution >= 4 is 56.4 Å². The Labute approximate surface area is 94.2 Å². The van der Waals surface area contributed by atoms with E-state index in [2.05, 4.69) is 4.98 Å². The molecule has 0 aliphatic rings. The highest BCUT2D eigenvalue weighted by Gasteiger charge is 2.07. The summed E-state index contributed by atoms with van der Waals surface area (Å²) in [4.78, 5) is 4.27. The SMILES string of the molecule is ClCc1nc2cc(Cl)cc(Cl)c2s1. The van der Waals surface area contributed by atoms with Gasteiger partial charge in [-0.3, -0.25) is 0 Å². The Morgan fingerprint density at radius 1 is 1.31 bits per heavy atom. The molecule has 0 N–H and O–H groups in total. The van der Waals surface area contributed by atoms with Crippen LogP contribution in [-0.2, 0) is 5.88 Å². The van der Waals surface area contributed by atoms with E-state index in [0.29, 0.717) is 15.9 Å². The van der Waals surface area contributed by atoms with E-state index < -0.39 is 0 Å². The first-order valence-electron chi connectivity index (χ1n) is 3.51. The molecule has 0 saturated carbocycles. The third-order valence-electron chi connectivity index (χ3n) is 1.57. The lowest BCUT2D eigenvalue weighted by Crippen LogP contribution is -1.72. The highest BCUT2D eigenvalue weighted by Crippen LogP contribution is 2.32. The third-order valence-corrected chi connectivity index (χ3v) is 3.71. The molecule has 0 aliphatic carbocycles. The second kappa shape index (κ2) is 3.62. The minimum absolute atomic E-state index is 0.410. The minimum atomic E-state index is 0.410. The van der Waals surface area contributed by atoms with E-state index in [-0.39, 0.29) is 0 Å². The molecule has 2 rings (SSSR count). The van der Waals surface area contributed by atoms with Gasteiger partial charge in [-0.2, -0.15) is 0 Å². The standard InChI is InChI=1S/C8H4Cl3NS/c9-3-7-12-6-2-4(10)1-5(11)8(6)13-7/h1-2H,3H2. The van der Waals surface area contributed by atoms with Crippen molar-refractivity contribution in [2.75, 3.05) is 0 Å². The van der Waals surface area contributed by atoms with Crippen LogP contribution in [0.5, 0.6) is 0 Å². The number of rotatable bonds is 1. The highest BCUT2D eigenvalue weighted by atomic mass is 35.5. The molecule has 0 bridgehead atoms. The quantitative estimate of drug-likeness (QED) is 0.688. The van der Waals surface area contributed by atoms with E-state index >= 15 is 0 Å². The average molecular weight is 253 g/mol. The molecule has 2 aromatic rings. The second-order valence-electron chi connectivity index (χ2n) is 2.48. The Morgan fingerprint density at radius 2 is 2.08 bits per heavy atom. The molecule has 1 heterocycles. The van der Waals surface area contributed by atoms with E-state index in [1.54, 1.807) is 12.1 Å². The van der Waals surface area contributed by atoms with E-state index in [9.17, 15) is 0 Å². The molecule has 0 unspecified atom stereocenters. The summed E-state index contributed by atoms with van der Waals surface area (Å²) in [5, 5.41) is 2.10. The monoisotopic (exact) mass is 251 g/mol. The summed E-state index contributed by atoms with van der Waals surface area (Å²) >= 11 is 19.0. The van der Waals surface area contributed by atoms with Crippen LogP contribution in [0.4, 0.5) is 0 Å². The number of fused-ring (bicyclic) bond motifs is 1. The zero-order valence-corrected chi connectivity index (χ0v) is 9.44. The van der Waals surface area contributed by atoms with Crippen molar-refractivity contribution in [3.8, 4) is 0 Å². The van der Waals surface area contributed by atoms with Gasteiger partial charge in [-0.25, -0.2) is 4.98 Å². The van der Waals surface area contributed by atoms with Gasteiger partial charge in [-0.05, 0) is 12.1 Å². The van der Waals surface area contributed by atoms with E-state index in [1.165, 1.54) is 11.3 Å². The fourth-order valence-electron chi connectivity index (χ4n) is 1.06. The lowest BCUT2D eigenvalue weighted by atomic mass is 10.3. The van der Waals surface area contributed by atoms with Gasteiger partial charge in [0.15, 0.2) is 0 Å². The van der Waals surface area contributed by atoms with Crippen molar-refractivity contribution < 1.29 is 0 Å². The fourth-order valence-corrected chi connectivity index (χ4v) is 2.68. The normalized spacial score (nSPS) is 11.0. The third kappa shape index (κ3) is 1.77. The molecule has 5 heteroatoms. The van der Waals surface area contributed by atoms with Gasteiger partial charge in [0, 0.05) is 5.02 Å². The summed E-state index contributed by atoms with van der Waals surface area (Å²) in [6, 6.07) is 3.50. The second-order valence-corrected chi connectivity index (χ2v) is 4.67. The van der Waals surface area contributed by atoms with Crippen LogP contribution >= 0.6 is 46.1 Å². The van der Waals surface area contributed by atoms with Gasteiger partial charge in [-0.1, -0.05) is 23.2 Å². The number of thiazole rings is 1. The zero-order valence-electron chi connectivity index (χ0n) is 6.35. The number of nitrogens with zero attached hydrogens (tertiary/aromatic N) is 1. The molecular formula is C8H4Cl3NS. The summed E-state index contributed by atoms with van der Waals surface area (Å²) in [6.45, 7) is 0. The lowest BCUT2D eigenvalue weighted by Gasteiger charge is -1.92. The van der Waals surface area contributed by atoms with Crippen LogP contribution in [0.2, 0.25) is 10.0 Å². The van der Waals surface area contributed by atoms with Crippen molar-refractivity contribution in [3.63, 3.8) is 0 Å².